The second-order valence-electron chi connectivity index (χ2n) is 5.53. The molecule has 0 radical (unpaired) electrons. The van der Waals surface area contributed by atoms with Crippen LogP contribution in [0.3, 0.4) is 0 Å². The van der Waals surface area contributed by atoms with E-state index < -0.39 is 0 Å². The van der Waals surface area contributed by atoms with Gasteiger partial charge in [0.15, 0.2) is 0 Å². The van der Waals surface area contributed by atoms with Crippen molar-refractivity contribution in [2.45, 2.75) is 50.7 Å². The molecule has 3 rings (SSSR count). The average molecular weight is 249 g/mol. The molecule has 2 aliphatic heterocycles. The van der Waals surface area contributed by atoms with Gasteiger partial charge in [-0.3, -0.25) is 4.68 Å². The highest BCUT2D eigenvalue weighted by atomic mass is 15.4. The van der Waals surface area contributed by atoms with Crippen molar-refractivity contribution >= 4 is 0 Å². The Bertz CT molecular complexity index is 350. The molecule has 18 heavy (non-hydrogen) atoms. The first-order valence-corrected chi connectivity index (χ1v) is 7.23. The van der Waals surface area contributed by atoms with E-state index in [4.69, 9.17) is 0 Å². The monoisotopic (exact) mass is 249 g/mol. The van der Waals surface area contributed by atoms with E-state index in [1.807, 2.05) is 10.9 Å². The topological polar surface area (TPSA) is 46.0 Å². The van der Waals surface area contributed by atoms with Crippen molar-refractivity contribution in [1.29, 1.82) is 0 Å². The second kappa shape index (κ2) is 5.80. The van der Waals surface area contributed by atoms with E-state index in [-0.39, 0.29) is 0 Å². The molecule has 1 aromatic rings. The zero-order valence-electron chi connectivity index (χ0n) is 11.0. The van der Waals surface area contributed by atoms with E-state index in [0.717, 1.165) is 31.6 Å². The van der Waals surface area contributed by atoms with Gasteiger partial charge in [-0.15, -0.1) is 5.10 Å². The van der Waals surface area contributed by atoms with E-state index >= 15 is 0 Å². The molecule has 1 aromatic heterocycles. The zero-order chi connectivity index (χ0) is 12.2. The normalized spacial score (nSPS) is 28.4. The smallest absolute Gasteiger partial charge is 0.0692 e. The van der Waals surface area contributed by atoms with Gasteiger partial charge in [-0.05, 0) is 51.7 Å². The molecule has 0 saturated carbocycles. The van der Waals surface area contributed by atoms with Gasteiger partial charge in [0.2, 0.25) is 0 Å². The van der Waals surface area contributed by atoms with Crippen LogP contribution in [0, 0.1) is 0 Å². The highest BCUT2D eigenvalue weighted by Crippen LogP contribution is 2.26. The van der Waals surface area contributed by atoms with Crippen molar-refractivity contribution in [3.8, 4) is 0 Å². The molecule has 5 heteroatoms. The first-order chi connectivity index (χ1) is 8.92. The Labute approximate surface area is 109 Å². The summed E-state index contributed by atoms with van der Waals surface area (Å²) in [5, 5.41) is 11.5. The summed E-state index contributed by atoms with van der Waals surface area (Å²) >= 11 is 0. The Balaban J connectivity index is 1.34. The Kier molecular flexibility index (Phi) is 3.90. The largest absolute Gasteiger partial charge is 0.314 e. The van der Waals surface area contributed by atoms with Crippen molar-refractivity contribution in [3.05, 3.63) is 12.4 Å². The number of piperidine rings is 1. The number of hydrogen-bond acceptors (Lipinski definition) is 4. The molecule has 2 aliphatic rings. The van der Waals surface area contributed by atoms with Gasteiger partial charge in [0.05, 0.1) is 6.20 Å². The fourth-order valence-electron chi connectivity index (χ4n) is 3.31. The lowest BCUT2D eigenvalue weighted by Gasteiger charge is -2.35. The summed E-state index contributed by atoms with van der Waals surface area (Å²) in [7, 11) is 0. The first-order valence-electron chi connectivity index (χ1n) is 7.23. The molecular formula is C13H23N5. The Morgan fingerprint density at radius 2 is 2.28 bits per heavy atom. The summed E-state index contributed by atoms with van der Waals surface area (Å²) in [5.74, 6) is 0. The van der Waals surface area contributed by atoms with Crippen LogP contribution < -0.4 is 5.32 Å². The van der Waals surface area contributed by atoms with Crippen molar-refractivity contribution in [2.75, 3.05) is 19.6 Å². The second-order valence-corrected chi connectivity index (χ2v) is 5.53. The van der Waals surface area contributed by atoms with E-state index in [2.05, 4.69) is 20.5 Å². The molecular weight excluding hydrogens is 226 g/mol. The van der Waals surface area contributed by atoms with Gasteiger partial charge in [0.1, 0.15) is 0 Å². The molecule has 0 aliphatic carbocycles. The quantitative estimate of drug-likeness (QED) is 0.787. The van der Waals surface area contributed by atoms with Gasteiger partial charge in [-0.25, -0.2) is 0 Å². The molecule has 100 valence electrons. The van der Waals surface area contributed by atoms with E-state index in [0.29, 0.717) is 0 Å². The van der Waals surface area contributed by atoms with Crippen molar-refractivity contribution in [1.82, 2.24) is 25.2 Å². The first kappa shape index (κ1) is 12.1. The number of hydrogen-bond donors (Lipinski definition) is 1. The van der Waals surface area contributed by atoms with Crippen LogP contribution in [-0.4, -0.2) is 51.6 Å². The summed E-state index contributed by atoms with van der Waals surface area (Å²) < 4.78 is 1.90. The standard InChI is InChI=1S/C13H23N5/c1-3-13-11-12(4-9-17(13)7-1)14-5-2-8-18-10-6-15-16-18/h6,10,12-14H,1-5,7-9,11H2. The lowest BCUT2D eigenvalue weighted by molar-refractivity contribution is 0.167. The van der Waals surface area contributed by atoms with Gasteiger partial charge in [0, 0.05) is 24.8 Å². The fourth-order valence-corrected chi connectivity index (χ4v) is 3.31. The van der Waals surface area contributed by atoms with Gasteiger partial charge in [-0.2, -0.15) is 0 Å². The lowest BCUT2D eigenvalue weighted by atomic mass is 9.97. The number of rotatable bonds is 5. The van der Waals surface area contributed by atoms with Gasteiger partial charge < -0.3 is 10.2 Å². The van der Waals surface area contributed by atoms with Gasteiger partial charge >= 0.3 is 0 Å². The maximum Gasteiger partial charge on any atom is 0.0692 e. The number of aromatic nitrogens is 3. The highest BCUT2D eigenvalue weighted by molar-refractivity contribution is 4.89. The minimum absolute atomic E-state index is 0.736. The predicted octanol–water partition coefficient (Wildman–Crippen LogP) is 0.885. The van der Waals surface area contributed by atoms with Crippen molar-refractivity contribution in [2.24, 2.45) is 0 Å². The van der Waals surface area contributed by atoms with E-state index in [1.54, 1.807) is 6.20 Å². The SMILES string of the molecule is c1cn(CCCNC2CCN3CCCC3C2)nn1. The molecule has 5 nitrogen and oxygen atoms in total. The van der Waals surface area contributed by atoms with Gasteiger partial charge in [0.25, 0.3) is 0 Å². The minimum Gasteiger partial charge on any atom is -0.314 e. The number of aryl methyl sites for hydroxylation is 1. The third kappa shape index (κ3) is 2.90. The Hall–Kier alpha value is -0.940. The zero-order valence-corrected chi connectivity index (χ0v) is 11.0. The summed E-state index contributed by atoms with van der Waals surface area (Å²) in [6.45, 7) is 4.70. The molecule has 0 aromatic carbocycles. The van der Waals surface area contributed by atoms with Gasteiger partial charge in [-0.1, -0.05) is 5.21 Å². The Morgan fingerprint density at radius 3 is 3.17 bits per heavy atom. The third-order valence-electron chi connectivity index (χ3n) is 4.29. The lowest BCUT2D eigenvalue weighted by Crippen LogP contribution is -2.45. The fraction of sp³-hybridized carbons (Fsp3) is 0.846. The molecule has 0 amide bonds. The molecule has 2 saturated heterocycles. The third-order valence-corrected chi connectivity index (χ3v) is 4.29. The summed E-state index contributed by atoms with van der Waals surface area (Å²) in [5.41, 5.74) is 0. The molecule has 3 heterocycles. The number of nitrogens with one attached hydrogen (secondary N) is 1. The number of nitrogens with zero attached hydrogens (tertiary/aromatic N) is 4. The molecule has 1 N–H and O–H groups in total. The summed E-state index contributed by atoms with van der Waals surface area (Å²) in [6.07, 6.45) is 10.3. The van der Waals surface area contributed by atoms with Crippen LogP contribution in [0.4, 0.5) is 0 Å². The summed E-state index contributed by atoms with van der Waals surface area (Å²) in [4.78, 5) is 2.67. The highest BCUT2D eigenvalue weighted by Gasteiger charge is 2.31. The van der Waals surface area contributed by atoms with E-state index in [1.165, 1.54) is 38.8 Å². The maximum absolute atomic E-state index is 3.98. The molecule has 0 bridgehead atoms. The van der Waals surface area contributed by atoms with Crippen LogP contribution in [0.1, 0.15) is 32.1 Å². The van der Waals surface area contributed by atoms with Crippen LogP contribution in [0.5, 0.6) is 0 Å². The molecule has 0 spiro atoms. The molecule has 2 fully saturated rings. The van der Waals surface area contributed by atoms with Crippen LogP contribution in [0.15, 0.2) is 12.4 Å². The van der Waals surface area contributed by atoms with Crippen LogP contribution in [0.25, 0.3) is 0 Å². The van der Waals surface area contributed by atoms with Crippen molar-refractivity contribution in [3.63, 3.8) is 0 Å². The molecule has 2 atom stereocenters. The average Bonchev–Trinajstić information content (AvgIpc) is 3.05. The van der Waals surface area contributed by atoms with Crippen LogP contribution >= 0.6 is 0 Å². The van der Waals surface area contributed by atoms with E-state index in [9.17, 15) is 0 Å². The Morgan fingerprint density at radius 1 is 1.28 bits per heavy atom. The van der Waals surface area contributed by atoms with Crippen molar-refractivity contribution < 1.29 is 0 Å². The predicted molar refractivity (Wildman–Crippen MR) is 70.3 cm³/mol. The minimum atomic E-state index is 0.736. The maximum atomic E-state index is 3.98. The van der Waals surface area contributed by atoms with Crippen LogP contribution in [-0.2, 0) is 6.54 Å². The number of fused-ring (bicyclic) bond motifs is 1. The summed E-state index contributed by atoms with van der Waals surface area (Å²) in [6, 6.07) is 1.60. The van der Waals surface area contributed by atoms with Crippen LogP contribution in [0.2, 0.25) is 0 Å². The molecule has 2 unspecified atom stereocenters.